The quantitative estimate of drug-likeness (QED) is 0.314. The molecule has 1 amide bonds. The Bertz CT molecular complexity index is 1070. The van der Waals surface area contributed by atoms with E-state index >= 15 is 0 Å². The lowest BCUT2D eigenvalue weighted by molar-refractivity contribution is -0.384. The van der Waals surface area contributed by atoms with Crippen LogP contribution in [-0.4, -0.2) is 57.8 Å². The van der Waals surface area contributed by atoms with Crippen molar-refractivity contribution in [3.63, 3.8) is 0 Å². The molecule has 0 bridgehead atoms. The number of nitro benzene ring substituents is 1. The third-order valence-corrected chi connectivity index (χ3v) is 5.45. The number of nitrogens with one attached hydrogen (secondary N) is 1. The molecule has 0 aromatic heterocycles. The number of benzene rings is 2. The number of rotatable bonds is 10. The molecule has 1 saturated heterocycles. The van der Waals surface area contributed by atoms with Gasteiger partial charge in [0.1, 0.15) is 11.4 Å². The SMILES string of the molecule is COc1cc(OC)c(OC)cc1CNC(=O)COC(=O)c1ccc(N2CCCC2)c([N+](=O)[O-])c1. The van der Waals surface area contributed by atoms with Gasteiger partial charge in [0.05, 0.1) is 31.8 Å². The minimum Gasteiger partial charge on any atom is -0.496 e. The first-order valence-electron chi connectivity index (χ1n) is 10.6. The van der Waals surface area contributed by atoms with Crippen LogP contribution in [0.4, 0.5) is 11.4 Å². The second-order valence-corrected chi connectivity index (χ2v) is 7.53. The van der Waals surface area contributed by atoms with Crippen LogP contribution < -0.4 is 24.4 Å². The molecule has 0 unspecified atom stereocenters. The molecule has 1 fully saturated rings. The van der Waals surface area contributed by atoms with Gasteiger partial charge in [0.25, 0.3) is 11.6 Å². The second kappa shape index (κ2) is 11.2. The summed E-state index contributed by atoms with van der Waals surface area (Å²) in [6.45, 7) is 1.01. The lowest BCUT2D eigenvalue weighted by Gasteiger charge is -2.17. The lowest BCUT2D eigenvalue weighted by atomic mass is 10.1. The van der Waals surface area contributed by atoms with Crippen molar-refractivity contribution >= 4 is 23.3 Å². The van der Waals surface area contributed by atoms with Gasteiger partial charge in [-0.15, -0.1) is 0 Å². The number of esters is 1. The van der Waals surface area contributed by atoms with E-state index in [1.54, 1.807) is 18.2 Å². The number of hydrogen-bond acceptors (Lipinski definition) is 9. The molecule has 1 aliphatic rings. The number of hydrogen-bond donors (Lipinski definition) is 1. The number of ether oxygens (including phenoxy) is 4. The summed E-state index contributed by atoms with van der Waals surface area (Å²) >= 11 is 0. The zero-order chi connectivity index (χ0) is 24.7. The highest BCUT2D eigenvalue weighted by molar-refractivity contribution is 5.93. The monoisotopic (exact) mass is 473 g/mol. The fraction of sp³-hybridized carbons (Fsp3) is 0.391. The average molecular weight is 473 g/mol. The highest BCUT2D eigenvalue weighted by Gasteiger charge is 2.24. The first kappa shape index (κ1) is 24.6. The first-order chi connectivity index (χ1) is 16.4. The van der Waals surface area contributed by atoms with Crippen molar-refractivity contribution in [3.8, 4) is 17.2 Å². The Kier molecular flexibility index (Phi) is 8.12. The number of nitro groups is 1. The summed E-state index contributed by atoms with van der Waals surface area (Å²) in [4.78, 5) is 37.5. The van der Waals surface area contributed by atoms with E-state index < -0.39 is 23.4 Å². The Labute approximate surface area is 196 Å². The zero-order valence-corrected chi connectivity index (χ0v) is 19.3. The van der Waals surface area contributed by atoms with Gasteiger partial charge in [0.15, 0.2) is 18.1 Å². The third kappa shape index (κ3) is 5.66. The molecular formula is C23H27N3O8. The summed E-state index contributed by atoms with van der Waals surface area (Å²) in [5.41, 5.74) is 0.943. The minimum atomic E-state index is -0.824. The van der Waals surface area contributed by atoms with Gasteiger partial charge in [0, 0.05) is 37.3 Å². The molecular weight excluding hydrogens is 446 g/mol. The van der Waals surface area contributed by atoms with Crippen molar-refractivity contribution in [1.29, 1.82) is 0 Å². The standard InChI is InChI=1S/C23H27N3O8/c1-31-19-12-21(33-3)20(32-2)11-16(19)13-24-22(27)14-34-23(28)15-6-7-17(18(10-15)26(29)30)25-8-4-5-9-25/h6-7,10-12H,4-5,8-9,13-14H2,1-3H3,(H,24,27). The molecule has 182 valence electrons. The topological polar surface area (TPSA) is 129 Å². The maximum absolute atomic E-state index is 12.4. The molecule has 1 N–H and O–H groups in total. The molecule has 34 heavy (non-hydrogen) atoms. The van der Waals surface area contributed by atoms with Gasteiger partial charge < -0.3 is 29.2 Å². The van der Waals surface area contributed by atoms with Crippen molar-refractivity contribution in [1.82, 2.24) is 5.32 Å². The summed E-state index contributed by atoms with van der Waals surface area (Å²) in [6, 6.07) is 7.51. The molecule has 1 aliphatic heterocycles. The van der Waals surface area contributed by atoms with E-state index in [4.69, 9.17) is 18.9 Å². The van der Waals surface area contributed by atoms with Crippen LogP contribution in [0.15, 0.2) is 30.3 Å². The van der Waals surface area contributed by atoms with Crippen LogP contribution in [0.5, 0.6) is 17.2 Å². The number of methoxy groups -OCH3 is 3. The molecule has 0 saturated carbocycles. The summed E-state index contributed by atoms with van der Waals surface area (Å²) in [7, 11) is 4.48. The van der Waals surface area contributed by atoms with Gasteiger partial charge in [0.2, 0.25) is 0 Å². The summed E-state index contributed by atoms with van der Waals surface area (Å²) in [6.07, 6.45) is 1.93. The molecule has 3 rings (SSSR count). The van der Waals surface area contributed by atoms with Crippen molar-refractivity contribution in [2.75, 3.05) is 45.9 Å². The van der Waals surface area contributed by atoms with Gasteiger partial charge in [-0.1, -0.05) is 0 Å². The Morgan fingerprint density at radius 3 is 2.26 bits per heavy atom. The summed E-state index contributed by atoms with van der Waals surface area (Å²) < 4.78 is 20.9. The Morgan fingerprint density at radius 2 is 1.65 bits per heavy atom. The number of nitrogens with zero attached hydrogens (tertiary/aromatic N) is 2. The highest BCUT2D eigenvalue weighted by atomic mass is 16.6. The van der Waals surface area contributed by atoms with Crippen LogP contribution in [0.1, 0.15) is 28.8 Å². The van der Waals surface area contributed by atoms with E-state index in [1.807, 2.05) is 4.90 Å². The molecule has 11 nitrogen and oxygen atoms in total. The summed E-state index contributed by atoms with van der Waals surface area (Å²) in [5, 5.41) is 14.2. The zero-order valence-electron chi connectivity index (χ0n) is 19.3. The van der Waals surface area contributed by atoms with Gasteiger partial charge in [-0.25, -0.2) is 4.79 Å². The van der Waals surface area contributed by atoms with Gasteiger partial charge in [-0.2, -0.15) is 0 Å². The lowest BCUT2D eigenvalue weighted by Crippen LogP contribution is -2.28. The molecule has 11 heteroatoms. The smallest absolute Gasteiger partial charge is 0.338 e. The number of amides is 1. The van der Waals surface area contributed by atoms with E-state index in [-0.39, 0.29) is 17.8 Å². The Balaban J connectivity index is 1.60. The van der Waals surface area contributed by atoms with E-state index in [0.717, 1.165) is 25.9 Å². The van der Waals surface area contributed by atoms with E-state index in [2.05, 4.69) is 5.32 Å². The first-order valence-corrected chi connectivity index (χ1v) is 10.6. The van der Waals surface area contributed by atoms with E-state index in [0.29, 0.717) is 28.5 Å². The van der Waals surface area contributed by atoms with Crippen molar-refractivity contribution in [2.24, 2.45) is 0 Å². The van der Waals surface area contributed by atoms with Crippen molar-refractivity contribution in [3.05, 3.63) is 51.6 Å². The normalized spacial score (nSPS) is 12.7. The predicted octanol–water partition coefficient (Wildman–Crippen LogP) is 2.69. The summed E-state index contributed by atoms with van der Waals surface area (Å²) in [5.74, 6) is 0.0646. The van der Waals surface area contributed by atoms with Crippen LogP contribution in [0.25, 0.3) is 0 Å². The van der Waals surface area contributed by atoms with Gasteiger partial charge in [-0.05, 0) is 31.0 Å². The van der Waals surface area contributed by atoms with Crippen LogP contribution in [0.2, 0.25) is 0 Å². The molecule has 1 heterocycles. The maximum atomic E-state index is 12.4. The van der Waals surface area contributed by atoms with Gasteiger partial charge in [-0.3, -0.25) is 14.9 Å². The van der Waals surface area contributed by atoms with Crippen LogP contribution >= 0.6 is 0 Å². The van der Waals surface area contributed by atoms with Crippen LogP contribution in [0.3, 0.4) is 0 Å². The second-order valence-electron chi connectivity index (χ2n) is 7.53. The van der Waals surface area contributed by atoms with Crippen molar-refractivity contribution < 1.29 is 33.5 Å². The highest BCUT2D eigenvalue weighted by Crippen LogP contribution is 2.34. The average Bonchev–Trinajstić information content (AvgIpc) is 3.39. The Morgan fingerprint density at radius 1 is 1.00 bits per heavy atom. The largest absolute Gasteiger partial charge is 0.496 e. The molecule has 2 aromatic carbocycles. The molecule has 2 aromatic rings. The van der Waals surface area contributed by atoms with Crippen LogP contribution in [0, 0.1) is 10.1 Å². The van der Waals surface area contributed by atoms with Crippen molar-refractivity contribution in [2.45, 2.75) is 19.4 Å². The van der Waals surface area contributed by atoms with Gasteiger partial charge >= 0.3 is 5.97 Å². The molecule has 0 spiro atoms. The third-order valence-electron chi connectivity index (χ3n) is 5.45. The molecule has 0 radical (unpaired) electrons. The van der Waals surface area contributed by atoms with E-state index in [9.17, 15) is 19.7 Å². The molecule has 0 atom stereocenters. The molecule has 0 aliphatic carbocycles. The number of carbonyl (C=O) groups excluding carboxylic acids is 2. The van der Waals surface area contributed by atoms with E-state index in [1.165, 1.54) is 33.5 Å². The fourth-order valence-corrected chi connectivity index (χ4v) is 3.71. The number of anilines is 1. The number of carbonyl (C=O) groups is 2. The Hall–Kier alpha value is -4.02. The fourth-order valence-electron chi connectivity index (χ4n) is 3.71. The minimum absolute atomic E-state index is 0.00371. The van der Waals surface area contributed by atoms with Crippen LogP contribution in [-0.2, 0) is 16.1 Å². The maximum Gasteiger partial charge on any atom is 0.338 e. The predicted molar refractivity (Wildman–Crippen MR) is 123 cm³/mol.